The van der Waals surface area contributed by atoms with Crippen LogP contribution in [0.3, 0.4) is 0 Å². The number of hydrogen-bond acceptors (Lipinski definition) is 8. The molecular weight excluding hydrogens is 516 g/mol. The first-order valence-corrected chi connectivity index (χ1v) is 14.4. The molecule has 9 nitrogen and oxygen atoms in total. The zero-order valence-electron chi connectivity index (χ0n) is 23.8. The summed E-state index contributed by atoms with van der Waals surface area (Å²) in [7, 11) is 0. The largest absolute Gasteiger partial charge is 0.481 e. The van der Waals surface area contributed by atoms with Gasteiger partial charge in [0.05, 0.1) is 0 Å². The van der Waals surface area contributed by atoms with Crippen LogP contribution in [-0.2, 0) is 22.4 Å². The van der Waals surface area contributed by atoms with Gasteiger partial charge in [-0.3, -0.25) is 0 Å². The molecule has 1 aliphatic heterocycles. The summed E-state index contributed by atoms with van der Waals surface area (Å²) in [4.78, 5) is 31.0. The molecule has 4 N–H and O–H groups in total. The number of rotatable bonds is 12. The summed E-state index contributed by atoms with van der Waals surface area (Å²) < 4.78 is 17.2. The quantitative estimate of drug-likeness (QED) is 0.284. The first-order valence-electron chi connectivity index (χ1n) is 13.5. The fourth-order valence-corrected chi connectivity index (χ4v) is 5.10. The molecule has 0 fully saturated rings. The summed E-state index contributed by atoms with van der Waals surface area (Å²) in [5.74, 6) is 1.07. The zero-order valence-corrected chi connectivity index (χ0v) is 24.7. The molecule has 0 saturated carbocycles. The lowest BCUT2D eigenvalue weighted by Crippen LogP contribution is -2.45. The fourth-order valence-electron chi connectivity index (χ4n) is 4.39. The number of amidine groups is 1. The molecule has 2 amide bonds. The molecule has 0 spiro atoms. The number of aliphatic imine (C=N–C) groups is 1. The number of nitrogens with one attached hydrogen (secondary N) is 2. The minimum atomic E-state index is -0.815. The number of aryl methyl sites for hydroxylation is 1. The van der Waals surface area contributed by atoms with Gasteiger partial charge in [-0.2, -0.15) is 0 Å². The highest BCUT2D eigenvalue weighted by atomic mass is 32.1. The van der Waals surface area contributed by atoms with Gasteiger partial charge in [0.2, 0.25) is 0 Å². The van der Waals surface area contributed by atoms with Crippen molar-refractivity contribution in [2.75, 3.05) is 0 Å². The van der Waals surface area contributed by atoms with Gasteiger partial charge in [-0.25, -0.2) is 14.6 Å². The number of alkyl carbamates (subject to hydrolysis) is 2. The summed E-state index contributed by atoms with van der Waals surface area (Å²) in [5.41, 5.74) is 5.95. The smallest absolute Gasteiger partial charge is 0.407 e. The lowest BCUT2D eigenvalue weighted by molar-refractivity contribution is 0.0155. The van der Waals surface area contributed by atoms with Crippen molar-refractivity contribution in [3.63, 3.8) is 0 Å². The second kappa shape index (κ2) is 13.2. The van der Waals surface area contributed by atoms with E-state index in [0.29, 0.717) is 23.7 Å². The van der Waals surface area contributed by atoms with Crippen LogP contribution < -0.4 is 21.1 Å². The second-order valence-corrected chi connectivity index (χ2v) is 12.2. The van der Waals surface area contributed by atoms with Crippen molar-refractivity contribution in [2.24, 2.45) is 10.7 Å². The fraction of sp³-hybridized carbons (Fsp3) is 0.552. The van der Waals surface area contributed by atoms with Crippen molar-refractivity contribution in [3.05, 3.63) is 46.2 Å². The van der Waals surface area contributed by atoms with E-state index in [-0.39, 0.29) is 18.7 Å². The Morgan fingerprint density at radius 2 is 1.90 bits per heavy atom. The molecule has 214 valence electrons. The zero-order chi connectivity index (χ0) is 28.6. The lowest BCUT2D eigenvalue weighted by atomic mass is 9.96. The van der Waals surface area contributed by atoms with Crippen LogP contribution in [0.25, 0.3) is 0 Å². The highest BCUT2D eigenvalue weighted by Crippen LogP contribution is 2.32. The highest BCUT2D eigenvalue weighted by molar-refractivity contribution is 7.09. The molecule has 2 atom stereocenters. The van der Waals surface area contributed by atoms with Crippen molar-refractivity contribution in [2.45, 2.75) is 104 Å². The number of thiophene rings is 1. The van der Waals surface area contributed by atoms with E-state index in [4.69, 9.17) is 19.9 Å². The molecule has 0 radical (unpaired) electrons. The summed E-state index contributed by atoms with van der Waals surface area (Å²) >= 11 is 1.70. The topological polar surface area (TPSA) is 124 Å². The van der Waals surface area contributed by atoms with Gasteiger partial charge in [0, 0.05) is 23.9 Å². The van der Waals surface area contributed by atoms with E-state index in [9.17, 15) is 9.59 Å². The maximum Gasteiger partial charge on any atom is 0.407 e. The van der Waals surface area contributed by atoms with Crippen molar-refractivity contribution < 1.29 is 23.8 Å². The Kier molecular flexibility index (Phi) is 10.2. The monoisotopic (exact) mass is 558 g/mol. The van der Waals surface area contributed by atoms with Crippen molar-refractivity contribution in [1.29, 1.82) is 0 Å². The maximum absolute atomic E-state index is 12.7. The van der Waals surface area contributed by atoms with Gasteiger partial charge in [0.15, 0.2) is 6.10 Å². The second-order valence-electron chi connectivity index (χ2n) is 11.2. The molecular formula is C29H42N4O5S. The predicted molar refractivity (Wildman–Crippen MR) is 155 cm³/mol. The summed E-state index contributed by atoms with van der Waals surface area (Å²) in [6, 6.07) is 9.41. The minimum absolute atomic E-state index is 0.204. The van der Waals surface area contributed by atoms with Gasteiger partial charge in [-0.05, 0) is 83.0 Å². The van der Waals surface area contributed by atoms with Crippen LogP contribution in [0.5, 0.6) is 5.75 Å². The van der Waals surface area contributed by atoms with E-state index in [1.54, 1.807) is 11.3 Å². The third-order valence-electron chi connectivity index (χ3n) is 6.42. The van der Waals surface area contributed by atoms with Gasteiger partial charge in [0.25, 0.3) is 0 Å². The van der Waals surface area contributed by atoms with E-state index in [1.807, 2.05) is 71.2 Å². The number of hydrogen-bond donors (Lipinski definition) is 3. The molecule has 2 aromatic rings. The van der Waals surface area contributed by atoms with Crippen LogP contribution in [0, 0.1) is 0 Å². The Bertz CT molecular complexity index is 1150. The number of nitrogens with zero attached hydrogens (tertiary/aromatic N) is 1. The Balaban J connectivity index is 1.48. The molecule has 0 aliphatic carbocycles. The number of fused-ring (bicyclic) bond motifs is 1. The van der Waals surface area contributed by atoms with Crippen molar-refractivity contribution >= 4 is 35.0 Å². The molecule has 0 bridgehead atoms. The first-order chi connectivity index (χ1) is 18.4. The average Bonchev–Trinajstić information content (AvgIpc) is 3.35. The average molecular weight is 559 g/mol. The number of ether oxygens (including phenoxy) is 3. The third-order valence-corrected chi connectivity index (χ3v) is 7.35. The number of amides is 2. The van der Waals surface area contributed by atoms with Gasteiger partial charge < -0.3 is 30.6 Å². The van der Waals surface area contributed by atoms with E-state index in [0.717, 1.165) is 31.2 Å². The molecule has 39 heavy (non-hydrogen) atoms. The van der Waals surface area contributed by atoms with Crippen LogP contribution >= 0.6 is 11.3 Å². The van der Waals surface area contributed by atoms with Gasteiger partial charge in [-0.15, -0.1) is 11.3 Å². The predicted octanol–water partition coefficient (Wildman–Crippen LogP) is 6.22. The number of nitrogens with two attached hydrogens (primary N) is 1. The van der Waals surface area contributed by atoms with Crippen LogP contribution in [0.1, 0.15) is 77.7 Å². The van der Waals surface area contributed by atoms with Crippen LogP contribution in [0.4, 0.5) is 15.3 Å². The Labute approximate surface area is 235 Å². The Morgan fingerprint density at radius 1 is 1.15 bits per heavy atom. The van der Waals surface area contributed by atoms with Crippen molar-refractivity contribution in [3.8, 4) is 5.75 Å². The minimum Gasteiger partial charge on any atom is -0.481 e. The normalized spacial score (nSPS) is 15.8. The van der Waals surface area contributed by atoms with Gasteiger partial charge in [0.1, 0.15) is 28.5 Å². The first kappa shape index (κ1) is 30.3. The van der Waals surface area contributed by atoms with Crippen LogP contribution in [0.2, 0.25) is 0 Å². The third kappa shape index (κ3) is 9.76. The summed E-state index contributed by atoms with van der Waals surface area (Å²) in [6.07, 6.45) is 2.35. The standard InChI is InChI=1S/C29H42N4O5S/c1-7-9-21(32-27(35)38-28(3,4)14-13-22-10-8-15-39-22)17-29(5,6)37-26(34)31-18-20-11-12-24-23(16-20)33-25(30)19(2)36-24/h8,10-12,15-16,19,21H,7,9,13-14,17-18H2,1-6H3,(H2,30,33)(H,31,34)(H,32,35). The molecule has 1 aliphatic rings. The lowest BCUT2D eigenvalue weighted by Gasteiger charge is -2.31. The summed E-state index contributed by atoms with van der Waals surface area (Å²) in [5, 5.41) is 7.82. The van der Waals surface area contributed by atoms with Gasteiger partial charge in [-0.1, -0.05) is 25.5 Å². The highest BCUT2D eigenvalue weighted by Gasteiger charge is 2.30. The van der Waals surface area contributed by atoms with E-state index < -0.39 is 23.4 Å². The molecule has 2 heterocycles. The molecule has 1 aromatic carbocycles. The molecule has 10 heteroatoms. The maximum atomic E-state index is 12.7. The van der Waals surface area contributed by atoms with Crippen LogP contribution in [0.15, 0.2) is 40.7 Å². The Morgan fingerprint density at radius 3 is 2.59 bits per heavy atom. The molecule has 1 aromatic heterocycles. The number of carbonyl (C=O) groups excluding carboxylic acids is 2. The van der Waals surface area contributed by atoms with Gasteiger partial charge >= 0.3 is 12.2 Å². The van der Waals surface area contributed by atoms with Crippen molar-refractivity contribution in [1.82, 2.24) is 10.6 Å². The number of carbonyl (C=O) groups is 2. The van der Waals surface area contributed by atoms with E-state index >= 15 is 0 Å². The molecule has 3 rings (SSSR count). The SMILES string of the molecule is CCCC(CC(C)(C)OC(=O)NCc1ccc2c(c1)N=C(N)C(C)O2)NC(=O)OC(C)(C)CCc1cccs1. The molecule has 0 saturated heterocycles. The number of benzene rings is 1. The Hall–Kier alpha value is -3.27. The van der Waals surface area contributed by atoms with E-state index in [1.165, 1.54) is 4.88 Å². The summed E-state index contributed by atoms with van der Waals surface area (Å²) in [6.45, 7) is 11.7. The molecule has 2 unspecified atom stereocenters. The van der Waals surface area contributed by atoms with E-state index in [2.05, 4.69) is 21.7 Å². The van der Waals surface area contributed by atoms with Crippen LogP contribution in [-0.4, -0.2) is 41.4 Å².